The third-order valence-corrected chi connectivity index (χ3v) is 6.95. The van der Waals surface area contributed by atoms with E-state index in [2.05, 4.69) is 36.4 Å². The first-order chi connectivity index (χ1) is 13.7. The summed E-state index contributed by atoms with van der Waals surface area (Å²) in [5.41, 5.74) is 7.33. The minimum Gasteiger partial charge on any atom is -0.399 e. The number of hydrogen-bond donors (Lipinski definition) is 1. The van der Waals surface area contributed by atoms with E-state index in [-0.39, 0.29) is 23.5 Å². The van der Waals surface area contributed by atoms with E-state index < -0.39 is 5.41 Å². The van der Waals surface area contributed by atoms with Gasteiger partial charge in [0.15, 0.2) is 5.41 Å². The molecular formula is C23H18N4S. The van der Waals surface area contributed by atoms with Gasteiger partial charge < -0.3 is 5.73 Å². The molecule has 0 saturated carbocycles. The summed E-state index contributed by atoms with van der Waals surface area (Å²) in [4.78, 5) is 0.965. The molecule has 136 valence electrons. The summed E-state index contributed by atoms with van der Waals surface area (Å²) >= 11 is 1.54. The predicted molar refractivity (Wildman–Crippen MR) is 108 cm³/mol. The van der Waals surface area contributed by atoms with Crippen LogP contribution in [0.25, 0.3) is 0 Å². The second-order valence-corrected chi connectivity index (χ2v) is 8.25. The summed E-state index contributed by atoms with van der Waals surface area (Å²) < 4.78 is 0. The van der Waals surface area contributed by atoms with Crippen molar-refractivity contribution in [3.8, 4) is 18.2 Å². The van der Waals surface area contributed by atoms with E-state index in [0.29, 0.717) is 5.57 Å². The molecule has 0 saturated heterocycles. The Hall–Kier alpha value is -3.33. The van der Waals surface area contributed by atoms with E-state index in [9.17, 15) is 15.8 Å². The molecule has 2 N–H and O–H groups in total. The molecule has 0 amide bonds. The van der Waals surface area contributed by atoms with Gasteiger partial charge >= 0.3 is 0 Å². The monoisotopic (exact) mass is 382 g/mol. The van der Waals surface area contributed by atoms with Crippen molar-refractivity contribution in [2.75, 3.05) is 0 Å². The molecule has 0 unspecified atom stereocenters. The number of benzene rings is 1. The van der Waals surface area contributed by atoms with Crippen LogP contribution < -0.4 is 5.73 Å². The number of nitrogens with zero attached hydrogens (tertiary/aromatic N) is 3. The number of hydrogen-bond acceptors (Lipinski definition) is 5. The Bertz CT molecular complexity index is 1060. The van der Waals surface area contributed by atoms with Crippen molar-refractivity contribution in [3.05, 3.63) is 81.2 Å². The Morgan fingerprint density at radius 1 is 1.04 bits per heavy atom. The molecule has 1 heterocycles. The van der Waals surface area contributed by atoms with Crippen LogP contribution in [-0.4, -0.2) is 0 Å². The molecule has 3 atom stereocenters. The van der Waals surface area contributed by atoms with Crippen molar-refractivity contribution in [1.82, 2.24) is 0 Å². The zero-order valence-corrected chi connectivity index (χ0v) is 16.0. The van der Waals surface area contributed by atoms with Crippen molar-refractivity contribution < 1.29 is 0 Å². The quantitative estimate of drug-likeness (QED) is 0.811. The van der Waals surface area contributed by atoms with Crippen LogP contribution in [0.5, 0.6) is 0 Å². The standard InChI is InChI=1S/C23H18N4S/c24-12-19-17-9-8-16(15-5-2-1-3-6-15)11-18(17)21(20-7-4-10-28-20)23(13-25,14-26)22(19)27/h1-7,9-10,16,18,21H,8,11,27H2/t16-,18+,21-/m0/s1. The Morgan fingerprint density at radius 3 is 2.39 bits per heavy atom. The minimum atomic E-state index is -1.53. The van der Waals surface area contributed by atoms with E-state index in [0.717, 1.165) is 23.3 Å². The highest BCUT2D eigenvalue weighted by molar-refractivity contribution is 7.10. The van der Waals surface area contributed by atoms with Gasteiger partial charge in [-0.2, -0.15) is 15.8 Å². The fourth-order valence-corrected chi connectivity index (χ4v) is 5.62. The zero-order chi connectivity index (χ0) is 19.7. The van der Waals surface area contributed by atoms with Crippen LogP contribution in [0.4, 0.5) is 0 Å². The van der Waals surface area contributed by atoms with Crippen LogP contribution in [0.2, 0.25) is 0 Å². The molecular weight excluding hydrogens is 364 g/mol. The fraction of sp³-hybridized carbons (Fsp3) is 0.261. The molecule has 0 radical (unpaired) electrons. The predicted octanol–water partition coefficient (Wildman–Crippen LogP) is 4.74. The molecule has 28 heavy (non-hydrogen) atoms. The van der Waals surface area contributed by atoms with Gasteiger partial charge in [-0.1, -0.05) is 42.5 Å². The van der Waals surface area contributed by atoms with Gasteiger partial charge in [0.2, 0.25) is 0 Å². The zero-order valence-electron chi connectivity index (χ0n) is 15.2. The molecule has 0 spiro atoms. The SMILES string of the molecule is N#CC1=C(N)C(C#N)(C#N)[C@H](c2cccs2)[C@@H]2C[C@@H](c3ccccc3)CC=C12. The summed E-state index contributed by atoms with van der Waals surface area (Å²) in [5, 5.41) is 31.8. The van der Waals surface area contributed by atoms with Gasteiger partial charge in [-0.05, 0) is 47.3 Å². The van der Waals surface area contributed by atoms with Gasteiger partial charge in [-0.25, -0.2) is 0 Å². The van der Waals surface area contributed by atoms with E-state index in [4.69, 9.17) is 5.73 Å². The van der Waals surface area contributed by atoms with Crippen LogP contribution in [0.1, 0.15) is 35.1 Å². The van der Waals surface area contributed by atoms with Crippen molar-refractivity contribution in [1.29, 1.82) is 15.8 Å². The average Bonchev–Trinajstić information content (AvgIpc) is 3.27. The average molecular weight is 382 g/mol. The number of thiophene rings is 1. The maximum Gasteiger partial charge on any atom is 0.192 e. The summed E-state index contributed by atoms with van der Waals surface area (Å²) in [6, 6.07) is 20.7. The molecule has 0 aliphatic heterocycles. The van der Waals surface area contributed by atoms with Crippen molar-refractivity contribution in [2.24, 2.45) is 17.1 Å². The summed E-state index contributed by atoms with van der Waals surface area (Å²) in [5.74, 6) is -0.192. The normalized spacial score (nSPS) is 25.6. The number of rotatable bonds is 2. The first kappa shape index (κ1) is 18.1. The van der Waals surface area contributed by atoms with Crippen molar-refractivity contribution in [2.45, 2.75) is 24.7 Å². The third kappa shape index (κ3) is 2.55. The lowest BCUT2D eigenvalue weighted by Gasteiger charge is -2.44. The molecule has 0 fully saturated rings. The van der Waals surface area contributed by atoms with Crippen molar-refractivity contribution in [3.63, 3.8) is 0 Å². The van der Waals surface area contributed by atoms with E-state index in [1.165, 1.54) is 16.9 Å². The number of fused-ring (bicyclic) bond motifs is 1. The lowest BCUT2D eigenvalue weighted by atomic mass is 9.57. The Balaban J connectivity index is 1.91. The summed E-state index contributed by atoms with van der Waals surface area (Å²) in [7, 11) is 0. The highest BCUT2D eigenvalue weighted by Crippen LogP contribution is 2.58. The molecule has 2 aliphatic rings. The molecule has 5 heteroatoms. The van der Waals surface area contributed by atoms with Crippen LogP contribution in [0.15, 0.2) is 70.8 Å². The molecule has 4 nitrogen and oxygen atoms in total. The maximum absolute atomic E-state index is 10.1. The second-order valence-electron chi connectivity index (χ2n) is 7.27. The summed E-state index contributed by atoms with van der Waals surface area (Å²) in [6.07, 6.45) is 3.69. The van der Waals surface area contributed by atoms with Crippen molar-refractivity contribution >= 4 is 11.3 Å². The van der Waals surface area contributed by atoms with Gasteiger partial charge in [-0.15, -0.1) is 11.3 Å². The fourth-order valence-electron chi connectivity index (χ4n) is 4.66. The Kier molecular flexibility index (Phi) is 4.52. The van der Waals surface area contributed by atoms with Crippen LogP contribution in [-0.2, 0) is 0 Å². The topological polar surface area (TPSA) is 97.4 Å². The molecule has 0 bridgehead atoms. The van der Waals surface area contributed by atoms with Crippen LogP contribution in [0.3, 0.4) is 0 Å². The molecule has 1 aromatic heterocycles. The maximum atomic E-state index is 10.1. The van der Waals surface area contributed by atoms with E-state index in [1.807, 2.05) is 35.7 Å². The van der Waals surface area contributed by atoms with E-state index >= 15 is 0 Å². The van der Waals surface area contributed by atoms with Gasteiger partial charge in [0.05, 0.1) is 23.4 Å². The largest absolute Gasteiger partial charge is 0.399 e. The van der Waals surface area contributed by atoms with Gasteiger partial charge in [0.25, 0.3) is 0 Å². The number of allylic oxidation sites excluding steroid dienone is 4. The van der Waals surface area contributed by atoms with Gasteiger partial charge in [-0.3, -0.25) is 0 Å². The molecule has 2 aromatic rings. The Morgan fingerprint density at radius 2 is 1.79 bits per heavy atom. The number of nitriles is 3. The second kappa shape index (κ2) is 7.01. The summed E-state index contributed by atoms with van der Waals surface area (Å²) in [6.45, 7) is 0. The highest BCUT2D eigenvalue weighted by atomic mass is 32.1. The lowest BCUT2D eigenvalue weighted by Crippen LogP contribution is -2.43. The van der Waals surface area contributed by atoms with Crippen LogP contribution >= 0.6 is 11.3 Å². The van der Waals surface area contributed by atoms with Gasteiger partial charge in [0, 0.05) is 10.8 Å². The lowest BCUT2D eigenvalue weighted by molar-refractivity contribution is 0.307. The first-order valence-corrected chi connectivity index (χ1v) is 10.1. The molecule has 1 aromatic carbocycles. The molecule has 4 rings (SSSR count). The Labute approximate surface area is 168 Å². The number of nitrogens with two attached hydrogens (primary N) is 1. The highest BCUT2D eigenvalue weighted by Gasteiger charge is 2.54. The van der Waals surface area contributed by atoms with E-state index in [1.54, 1.807) is 0 Å². The minimum absolute atomic E-state index is 0.0964. The third-order valence-electron chi connectivity index (χ3n) is 6.00. The smallest absolute Gasteiger partial charge is 0.192 e. The first-order valence-electron chi connectivity index (χ1n) is 9.18. The van der Waals surface area contributed by atoms with Crippen LogP contribution in [0, 0.1) is 45.3 Å². The van der Waals surface area contributed by atoms with Gasteiger partial charge in [0.1, 0.15) is 6.07 Å². The molecule has 2 aliphatic carbocycles.